The molecule has 5 heteroatoms. The molecule has 29 heavy (non-hydrogen) atoms. The Bertz CT molecular complexity index is 623. The highest BCUT2D eigenvalue weighted by Gasteiger charge is 2.51. The minimum Gasteiger partial charge on any atom is -0.456 e. The normalized spacial score (nSPS) is 40.5. The molecular weight excluding hydrogens is 368 g/mol. The third-order valence-corrected chi connectivity index (χ3v) is 7.92. The zero-order chi connectivity index (χ0) is 20.6. The van der Waals surface area contributed by atoms with E-state index < -0.39 is 5.60 Å². The Labute approximate surface area is 174 Å². The van der Waals surface area contributed by atoms with Gasteiger partial charge in [0.05, 0.1) is 12.5 Å². The third kappa shape index (κ3) is 4.70. The van der Waals surface area contributed by atoms with Gasteiger partial charge >= 0.3 is 11.9 Å². The molecule has 5 nitrogen and oxygen atoms in total. The van der Waals surface area contributed by atoms with Crippen LogP contribution in [0.1, 0.15) is 78.1 Å². The van der Waals surface area contributed by atoms with Crippen LogP contribution in [0.4, 0.5) is 0 Å². The highest BCUT2D eigenvalue weighted by atomic mass is 16.7. The van der Waals surface area contributed by atoms with Crippen LogP contribution < -0.4 is 0 Å². The number of ether oxygens (including phenoxy) is 3. The van der Waals surface area contributed by atoms with E-state index in [-0.39, 0.29) is 24.6 Å². The van der Waals surface area contributed by atoms with Gasteiger partial charge < -0.3 is 14.2 Å². The number of rotatable bonds is 7. The Hall–Kier alpha value is -1.36. The lowest BCUT2D eigenvalue weighted by Gasteiger charge is -2.56. The van der Waals surface area contributed by atoms with Gasteiger partial charge in [-0.25, -0.2) is 4.79 Å². The maximum atomic E-state index is 12.4. The van der Waals surface area contributed by atoms with Gasteiger partial charge in [0.1, 0.15) is 5.60 Å². The summed E-state index contributed by atoms with van der Waals surface area (Å²) >= 11 is 0. The van der Waals surface area contributed by atoms with Crippen LogP contribution in [0.5, 0.6) is 0 Å². The van der Waals surface area contributed by atoms with Crippen LogP contribution in [0, 0.1) is 29.1 Å². The highest BCUT2D eigenvalue weighted by molar-refractivity contribution is 5.87. The molecule has 5 aliphatic rings. The molecule has 0 spiro atoms. The molecule has 0 amide bonds. The van der Waals surface area contributed by atoms with Gasteiger partial charge in [-0.2, -0.15) is 0 Å². The van der Waals surface area contributed by atoms with E-state index in [9.17, 15) is 9.59 Å². The Balaban J connectivity index is 1.17. The first-order valence-corrected chi connectivity index (χ1v) is 11.4. The first kappa shape index (κ1) is 20.9. The van der Waals surface area contributed by atoms with Gasteiger partial charge in [0.25, 0.3) is 0 Å². The van der Waals surface area contributed by atoms with E-state index in [1.807, 2.05) is 6.92 Å². The van der Waals surface area contributed by atoms with Crippen molar-refractivity contribution in [2.75, 3.05) is 13.4 Å². The Morgan fingerprint density at radius 1 is 1.00 bits per heavy atom. The summed E-state index contributed by atoms with van der Waals surface area (Å²) in [6.07, 6.45) is 10.9. The fourth-order valence-corrected chi connectivity index (χ4v) is 6.82. The summed E-state index contributed by atoms with van der Waals surface area (Å²) in [6.45, 7) is 8.03. The van der Waals surface area contributed by atoms with E-state index in [2.05, 4.69) is 6.58 Å². The average Bonchev–Trinajstić information content (AvgIpc) is 2.64. The summed E-state index contributed by atoms with van der Waals surface area (Å²) in [5, 5.41) is 0. The van der Waals surface area contributed by atoms with E-state index in [4.69, 9.17) is 14.2 Å². The third-order valence-electron chi connectivity index (χ3n) is 7.92. The lowest BCUT2D eigenvalue weighted by molar-refractivity contribution is -0.174. The lowest BCUT2D eigenvalue weighted by Crippen LogP contribution is -2.48. The number of hydrogen-bond donors (Lipinski definition) is 0. The van der Waals surface area contributed by atoms with Gasteiger partial charge in [0, 0.05) is 5.57 Å². The topological polar surface area (TPSA) is 61.8 Å². The molecule has 0 aromatic rings. The molecule has 162 valence electrons. The zero-order valence-electron chi connectivity index (χ0n) is 18.0. The van der Waals surface area contributed by atoms with E-state index in [1.165, 1.54) is 38.5 Å². The van der Waals surface area contributed by atoms with Crippen molar-refractivity contribution in [3.05, 3.63) is 12.2 Å². The quantitative estimate of drug-likeness (QED) is 0.264. The van der Waals surface area contributed by atoms with Crippen LogP contribution in [0.3, 0.4) is 0 Å². The second kappa shape index (κ2) is 8.05. The number of carbonyl (C=O) groups excluding carboxylic acids is 2. The maximum absolute atomic E-state index is 12.4. The van der Waals surface area contributed by atoms with Gasteiger partial charge in [-0.3, -0.25) is 4.79 Å². The van der Waals surface area contributed by atoms with Crippen molar-refractivity contribution in [2.24, 2.45) is 29.1 Å². The predicted molar refractivity (Wildman–Crippen MR) is 109 cm³/mol. The molecule has 4 bridgehead atoms. The molecule has 0 N–H and O–H groups in total. The van der Waals surface area contributed by atoms with Crippen LogP contribution in [0.15, 0.2) is 12.2 Å². The first-order chi connectivity index (χ1) is 13.8. The minimum atomic E-state index is -0.512. The Kier molecular flexibility index (Phi) is 5.80. The maximum Gasteiger partial charge on any atom is 0.333 e. The van der Waals surface area contributed by atoms with Crippen molar-refractivity contribution in [1.29, 1.82) is 0 Å². The second-order valence-electron chi connectivity index (χ2n) is 10.7. The molecule has 0 unspecified atom stereocenters. The van der Waals surface area contributed by atoms with Gasteiger partial charge in [0.15, 0.2) is 6.79 Å². The second-order valence-corrected chi connectivity index (χ2v) is 10.7. The molecule has 5 aliphatic carbocycles. The molecule has 0 aromatic carbocycles. The minimum absolute atomic E-state index is 0.0684. The summed E-state index contributed by atoms with van der Waals surface area (Å²) in [4.78, 5) is 24.2. The molecule has 0 heterocycles. The highest BCUT2D eigenvalue weighted by Crippen LogP contribution is 2.60. The number of hydrogen-bond acceptors (Lipinski definition) is 5. The molecule has 5 rings (SSSR count). The molecule has 0 atom stereocenters. The van der Waals surface area contributed by atoms with Crippen molar-refractivity contribution in [3.8, 4) is 0 Å². The van der Waals surface area contributed by atoms with Crippen LogP contribution in [0.25, 0.3) is 0 Å². The van der Waals surface area contributed by atoms with E-state index in [0.29, 0.717) is 36.7 Å². The van der Waals surface area contributed by atoms with Gasteiger partial charge in [-0.15, -0.1) is 0 Å². The van der Waals surface area contributed by atoms with Crippen molar-refractivity contribution in [3.63, 3.8) is 0 Å². The molecule has 0 aromatic heterocycles. The number of carbonyl (C=O) groups is 2. The lowest BCUT2D eigenvalue weighted by atomic mass is 9.50. The van der Waals surface area contributed by atoms with Crippen molar-refractivity contribution in [2.45, 2.75) is 83.7 Å². The monoisotopic (exact) mass is 404 g/mol. The van der Waals surface area contributed by atoms with Gasteiger partial charge in [-0.05, 0) is 101 Å². The van der Waals surface area contributed by atoms with Crippen LogP contribution in [-0.4, -0.2) is 30.9 Å². The number of esters is 2. The average molecular weight is 405 g/mol. The largest absolute Gasteiger partial charge is 0.456 e. The van der Waals surface area contributed by atoms with Crippen molar-refractivity contribution < 1.29 is 23.8 Å². The fourth-order valence-electron chi connectivity index (χ4n) is 6.82. The molecular formula is C24H36O5. The van der Waals surface area contributed by atoms with Crippen LogP contribution in [-0.2, 0) is 23.8 Å². The molecule has 0 saturated heterocycles. The van der Waals surface area contributed by atoms with Gasteiger partial charge in [-0.1, -0.05) is 6.58 Å². The molecule has 0 aliphatic heterocycles. The van der Waals surface area contributed by atoms with E-state index in [0.717, 1.165) is 24.4 Å². The fraction of sp³-hybridized carbons (Fsp3) is 0.833. The van der Waals surface area contributed by atoms with Crippen LogP contribution >= 0.6 is 0 Å². The summed E-state index contributed by atoms with van der Waals surface area (Å²) in [6, 6.07) is 0. The van der Waals surface area contributed by atoms with E-state index >= 15 is 0 Å². The summed E-state index contributed by atoms with van der Waals surface area (Å²) in [5.41, 5.74) is 0.243. The predicted octanol–water partition coefficient (Wildman–Crippen LogP) is 4.79. The summed E-state index contributed by atoms with van der Waals surface area (Å²) in [5.74, 6) is 2.05. The molecule has 5 fully saturated rings. The SMILES string of the molecule is C=C(C)C(=O)OC1(C)CCC(C(=O)OCOCC23CC4CC(CC(C4)C2)C3)CC1. The smallest absolute Gasteiger partial charge is 0.333 e. The Morgan fingerprint density at radius 2 is 1.55 bits per heavy atom. The summed E-state index contributed by atoms with van der Waals surface area (Å²) < 4.78 is 16.9. The Morgan fingerprint density at radius 3 is 2.07 bits per heavy atom. The zero-order valence-corrected chi connectivity index (χ0v) is 18.0. The standard InChI is InChI=1S/C24H36O5/c1-16(2)21(25)29-23(3)6-4-20(5-7-23)22(26)28-15-27-14-24-11-17-8-18(12-24)10-19(9-17)13-24/h17-20H,1,4-15H2,2-3H3. The van der Waals surface area contributed by atoms with Crippen molar-refractivity contribution in [1.82, 2.24) is 0 Å². The molecule has 0 radical (unpaired) electrons. The van der Waals surface area contributed by atoms with Gasteiger partial charge in [0.2, 0.25) is 0 Å². The van der Waals surface area contributed by atoms with Crippen LogP contribution in [0.2, 0.25) is 0 Å². The summed E-state index contributed by atoms with van der Waals surface area (Å²) in [7, 11) is 0. The molecule has 5 saturated carbocycles. The first-order valence-electron chi connectivity index (χ1n) is 11.4. The van der Waals surface area contributed by atoms with E-state index in [1.54, 1.807) is 6.92 Å². The van der Waals surface area contributed by atoms with Crippen molar-refractivity contribution >= 4 is 11.9 Å².